The van der Waals surface area contributed by atoms with Crippen LogP contribution >= 0.6 is 43.5 Å². The zero-order chi connectivity index (χ0) is 20.1. The molecule has 142 valence electrons. The summed E-state index contributed by atoms with van der Waals surface area (Å²) in [6.07, 6.45) is 3.37. The van der Waals surface area contributed by atoms with Crippen LogP contribution in [0.2, 0.25) is 5.02 Å². The van der Waals surface area contributed by atoms with Crippen LogP contribution in [0.3, 0.4) is 0 Å². The topological polar surface area (TPSA) is 26.3 Å². The molecule has 0 heterocycles. The van der Waals surface area contributed by atoms with Crippen LogP contribution < -0.4 is 4.74 Å². The zero-order valence-electron chi connectivity index (χ0n) is 15.1. The number of hydrogen-bond donors (Lipinski definition) is 0. The fourth-order valence-corrected chi connectivity index (χ4v) is 4.11. The van der Waals surface area contributed by atoms with Crippen molar-refractivity contribution in [3.63, 3.8) is 0 Å². The molecular weight excluding hydrogens is 504 g/mol. The number of hydrogen-bond acceptors (Lipinski definition) is 2. The van der Waals surface area contributed by atoms with E-state index in [2.05, 4.69) is 31.9 Å². The van der Waals surface area contributed by atoms with Crippen LogP contribution in [0.4, 0.5) is 0 Å². The molecule has 0 aliphatic heterocycles. The van der Waals surface area contributed by atoms with Crippen molar-refractivity contribution in [2.45, 2.75) is 13.5 Å². The third kappa shape index (κ3) is 5.57. The summed E-state index contributed by atoms with van der Waals surface area (Å²) in [5.41, 5.74) is 3.71. The van der Waals surface area contributed by atoms with Crippen LogP contribution in [-0.2, 0) is 6.61 Å². The number of allylic oxidation sites excluding steroid dienone is 1. The summed E-state index contributed by atoms with van der Waals surface area (Å²) < 4.78 is 7.53. The molecule has 2 nitrogen and oxygen atoms in total. The van der Waals surface area contributed by atoms with Crippen LogP contribution in [-0.4, -0.2) is 5.78 Å². The Balaban J connectivity index is 1.71. The molecular formula is C23H17Br2ClO2. The lowest BCUT2D eigenvalue weighted by molar-refractivity contribution is 0.104. The number of aryl methyl sites for hydroxylation is 1. The van der Waals surface area contributed by atoms with Gasteiger partial charge < -0.3 is 4.74 Å². The fourth-order valence-electron chi connectivity index (χ4n) is 2.54. The first-order valence-electron chi connectivity index (χ1n) is 8.58. The fraction of sp³-hybridized carbons (Fsp3) is 0.0870. The van der Waals surface area contributed by atoms with Crippen LogP contribution in [0.1, 0.15) is 27.0 Å². The van der Waals surface area contributed by atoms with Crippen molar-refractivity contribution in [3.05, 3.63) is 103 Å². The van der Waals surface area contributed by atoms with Gasteiger partial charge in [-0.3, -0.25) is 4.79 Å². The number of rotatable bonds is 6. The highest BCUT2D eigenvalue weighted by atomic mass is 79.9. The highest BCUT2D eigenvalue weighted by molar-refractivity contribution is 9.11. The maximum absolute atomic E-state index is 12.3. The number of carbonyl (C=O) groups excluding carboxylic acids is 1. The lowest BCUT2D eigenvalue weighted by Gasteiger charge is -2.11. The monoisotopic (exact) mass is 518 g/mol. The van der Waals surface area contributed by atoms with E-state index in [4.69, 9.17) is 16.3 Å². The first-order valence-corrected chi connectivity index (χ1v) is 10.5. The Labute approximate surface area is 186 Å². The maximum Gasteiger partial charge on any atom is 0.185 e. The summed E-state index contributed by atoms with van der Waals surface area (Å²) in [6, 6.07) is 18.9. The minimum Gasteiger partial charge on any atom is -0.487 e. The summed E-state index contributed by atoms with van der Waals surface area (Å²) in [7, 11) is 0. The first-order chi connectivity index (χ1) is 13.4. The van der Waals surface area contributed by atoms with E-state index in [9.17, 15) is 4.79 Å². The molecule has 0 saturated carbocycles. The maximum atomic E-state index is 12.3. The summed E-state index contributed by atoms with van der Waals surface area (Å²) in [5.74, 6) is 0.673. The third-order valence-electron chi connectivity index (χ3n) is 4.08. The third-order valence-corrected chi connectivity index (χ3v) is 5.51. The first kappa shape index (κ1) is 20.8. The Morgan fingerprint density at radius 3 is 2.21 bits per heavy atom. The zero-order valence-corrected chi connectivity index (χ0v) is 19.0. The number of ketones is 1. The van der Waals surface area contributed by atoms with Gasteiger partial charge in [-0.25, -0.2) is 0 Å². The van der Waals surface area contributed by atoms with Crippen LogP contribution in [0.15, 0.2) is 75.7 Å². The Bertz CT molecular complexity index is 987. The van der Waals surface area contributed by atoms with Crippen molar-refractivity contribution < 1.29 is 9.53 Å². The standard InChI is InChI=1S/C23H17Br2ClO2/c1-15-2-7-18(8-3-15)22(27)11-6-17-12-20(24)23(21(25)13-17)28-14-16-4-9-19(26)10-5-16/h2-13H,14H2,1H3/b11-6+. The number of benzene rings is 3. The van der Waals surface area contributed by atoms with E-state index in [0.29, 0.717) is 22.9 Å². The Kier molecular flexibility index (Phi) is 7.11. The van der Waals surface area contributed by atoms with Crippen molar-refractivity contribution >= 4 is 55.3 Å². The molecule has 0 bridgehead atoms. The molecule has 0 atom stereocenters. The van der Waals surface area contributed by atoms with Crippen molar-refractivity contribution in [3.8, 4) is 5.75 Å². The van der Waals surface area contributed by atoms with Gasteiger partial charge in [0.15, 0.2) is 5.78 Å². The normalized spacial score (nSPS) is 11.0. The van der Waals surface area contributed by atoms with Gasteiger partial charge in [-0.05, 0) is 80.3 Å². The Hall–Kier alpha value is -1.88. The van der Waals surface area contributed by atoms with Gasteiger partial charge in [-0.1, -0.05) is 59.6 Å². The van der Waals surface area contributed by atoms with E-state index < -0.39 is 0 Å². The molecule has 5 heteroatoms. The number of ether oxygens (including phenoxy) is 1. The lowest BCUT2D eigenvalue weighted by atomic mass is 10.1. The van der Waals surface area contributed by atoms with Gasteiger partial charge in [0.1, 0.15) is 12.4 Å². The van der Waals surface area contributed by atoms with E-state index in [0.717, 1.165) is 25.6 Å². The summed E-state index contributed by atoms with van der Waals surface area (Å²) >= 11 is 13.0. The molecule has 3 rings (SSSR count). The SMILES string of the molecule is Cc1ccc(C(=O)/C=C/c2cc(Br)c(OCc3ccc(Cl)cc3)c(Br)c2)cc1. The minimum atomic E-state index is -0.0321. The molecule has 28 heavy (non-hydrogen) atoms. The van der Waals surface area contributed by atoms with Crippen molar-refractivity contribution in [2.24, 2.45) is 0 Å². The second-order valence-corrected chi connectivity index (χ2v) is 8.44. The molecule has 0 unspecified atom stereocenters. The predicted octanol–water partition coefficient (Wildman–Crippen LogP) is 7.65. The van der Waals surface area contributed by atoms with E-state index >= 15 is 0 Å². The lowest BCUT2D eigenvalue weighted by Crippen LogP contribution is -1.97. The van der Waals surface area contributed by atoms with Gasteiger partial charge in [0.2, 0.25) is 0 Å². The summed E-state index contributed by atoms with van der Waals surface area (Å²) in [5, 5.41) is 0.697. The van der Waals surface area contributed by atoms with Gasteiger partial charge in [-0.2, -0.15) is 0 Å². The predicted molar refractivity (Wildman–Crippen MR) is 122 cm³/mol. The molecule has 3 aromatic rings. The molecule has 0 aliphatic carbocycles. The van der Waals surface area contributed by atoms with E-state index in [1.807, 2.05) is 67.6 Å². The van der Waals surface area contributed by atoms with E-state index in [1.165, 1.54) is 0 Å². The van der Waals surface area contributed by atoms with Crippen LogP contribution in [0.25, 0.3) is 6.08 Å². The van der Waals surface area contributed by atoms with Gasteiger partial charge in [0, 0.05) is 10.6 Å². The highest BCUT2D eigenvalue weighted by Crippen LogP contribution is 2.35. The number of halogens is 3. The molecule has 0 radical (unpaired) electrons. The van der Waals surface area contributed by atoms with Gasteiger partial charge in [-0.15, -0.1) is 0 Å². The average Bonchev–Trinajstić information content (AvgIpc) is 2.67. The molecule has 3 aromatic carbocycles. The van der Waals surface area contributed by atoms with Crippen LogP contribution in [0, 0.1) is 6.92 Å². The smallest absolute Gasteiger partial charge is 0.185 e. The quantitative estimate of drug-likeness (QED) is 0.247. The Morgan fingerprint density at radius 2 is 1.61 bits per heavy atom. The molecule has 0 aromatic heterocycles. The second-order valence-electron chi connectivity index (χ2n) is 6.29. The molecule has 0 amide bonds. The molecule has 0 aliphatic rings. The van der Waals surface area contributed by atoms with E-state index in [1.54, 1.807) is 12.2 Å². The number of carbonyl (C=O) groups is 1. The van der Waals surface area contributed by atoms with Crippen molar-refractivity contribution in [1.82, 2.24) is 0 Å². The molecule has 0 saturated heterocycles. The van der Waals surface area contributed by atoms with Gasteiger partial charge in [0.25, 0.3) is 0 Å². The summed E-state index contributed by atoms with van der Waals surface area (Å²) in [6.45, 7) is 2.42. The van der Waals surface area contributed by atoms with E-state index in [-0.39, 0.29) is 5.78 Å². The minimum absolute atomic E-state index is 0.0321. The Morgan fingerprint density at radius 1 is 1.00 bits per heavy atom. The van der Waals surface area contributed by atoms with Crippen molar-refractivity contribution in [2.75, 3.05) is 0 Å². The summed E-state index contributed by atoms with van der Waals surface area (Å²) in [4.78, 5) is 12.3. The highest BCUT2D eigenvalue weighted by Gasteiger charge is 2.09. The molecule has 0 fully saturated rings. The molecule has 0 spiro atoms. The van der Waals surface area contributed by atoms with Crippen molar-refractivity contribution in [1.29, 1.82) is 0 Å². The second kappa shape index (κ2) is 9.55. The van der Waals surface area contributed by atoms with Gasteiger partial charge >= 0.3 is 0 Å². The average molecular weight is 521 g/mol. The van der Waals surface area contributed by atoms with Gasteiger partial charge in [0.05, 0.1) is 8.95 Å². The largest absolute Gasteiger partial charge is 0.487 e. The molecule has 0 N–H and O–H groups in total. The van der Waals surface area contributed by atoms with Crippen LogP contribution in [0.5, 0.6) is 5.75 Å².